The minimum Gasteiger partial charge on any atom is -0.377 e. The second-order valence-corrected chi connectivity index (χ2v) is 10.1. The maximum Gasteiger partial charge on any atom is 0.254 e. The molecule has 0 bridgehead atoms. The number of halogens is 2. The van der Waals surface area contributed by atoms with Crippen molar-refractivity contribution in [3.05, 3.63) is 82.0 Å². The molecule has 5 rings (SSSR count). The summed E-state index contributed by atoms with van der Waals surface area (Å²) in [6.45, 7) is 1.40. The minimum absolute atomic E-state index is 0.0989. The molecule has 0 aliphatic rings. The molecule has 2 aromatic carbocycles. The van der Waals surface area contributed by atoms with Crippen LogP contribution in [0.4, 0.5) is 5.69 Å². The summed E-state index contributed by atoms with van der Waals surface area (Å²) >= 11 is 9.71. The number of nitrogens with one attached hydrogen (secondary N) is 3. The molecule has 0 atom stereocenters. The van der Waals surface area contributed by atoms with Crippen LogP contribution in [0, 0.1) is 0 Å². The van der Waals surface area contributed by atoms with E-state index < -0.39 is 0 Å². The first-order valence-corrected chi connectivity index (χ1v) is 12.6. The Balaban J connectivity index is 1.37. The Kier molecular flexibility index (Phi) is 6.54. The van der Waals surface area contributed by atoms with Gasteiger partial charge in [0.15, 0.2) is 12.4 Å². The Bertz CT molecular complexity index is 1520. The summed E-state index contributed by atoms with van der Waals surface area (Å²) in [5.74, 6) is -0.0989. The molecule has 3 N–H and O–H groups in total. The lowest BCUT2D eigenvalue weighted by Crippen LogP contribution is -2.35. The number of aryl methyl sites for hydroxylation is 1. The maximum absolute atomic E-state index is 13.4. The fraction of sp³-hybridized carbons (Fsp3) is 0.185. The van der Waals surface area contributed by atoms with Crippen molar-refractivity contribution in [2.75, 3.05) is 25.5 Å². The van der Waals surface area contributed by atoms with Crippen molar-refractivity contribution in [2.24, 2.45) is 0 Å². The van der Waals surface area contributed by atoms with Crippen LogP contribution < -0.4 is 14.8 Å². The van der Waals surface area contributed by atoms with E-state index in [9.17, 15) is 4.79 Å². The number of carbonyl (C=O) groups excluding carboxylic acids is 1. The number of H-pyrrole nitrogens is 2. The van der Waals surface area contributed by atoms with Gasteiger partial charge in [0, 0.05) is 76.2 Å². The summed E-state index contributed by atoms with van der Waals surface area (Å²) in [5.41, 5.74) is 5.26. The molecule has 0 spiro atoms. The molecule has 0 unspecified atom stereocenters. The van der Waals surface area contributed by atoms with Crippen LogP contribution in [0.5, 0.6) is 0 Å². The highest BCUT2D eigenvalue weighted by molar-refractivity contribution is 9.10. The summed E-state index contributed by atoms with van der Waals surface area (Å²) in [6, 6.07) is 17.8. The number of carbonyl (C=O) groups is 1. The van der Waals surface area contributed by atoms with Gasteiger partial charge in [0.25, 0.3) is 5.91 Å². The van der Waals surface area contributed by atoms with E-state index in [4.69, 9.17) is 11.6 Å². The van der Waals surface area contributed by atoms with Crippen LogP contribution in [0.25, 0.3) is 33.2 Å². The van der Waals surface area contributed by atoms with Gasteiger partial charge in [0.05, 0.1) is 17.0 Å². The second kappa shape index (κ2) is 9.76. The standard InChI is InChI=1S/C27H25BrClN5O/c1-33(2)20-8-12-34(13-9-20)11-3-10-30-27(35)25-21-6-4-18(28)16-23(21)32-26(25)24-15-17-14-19(29)5-7-22(17)31-24/h4-9,12-16H,3,10-11H2,1-2H3,(H2-,30,31,32,35)/p+1. The zero-order chi connectivity index (χ0) is 24.5. The monoisotopic (exact) mass is 550 g/mol. The Morgan fingerprint density at radius 2 is 1.83 bits per heavy atom. The van der Waals surface area contributed by atoms with E-state index in [-0.39, 0.29) is 5.91 Å². The number of pyridine rings is 1. The number of anilines is 1. The summed E-state index contributed by atoms with van der Waals surface area (Å²) in [4.78, 5) is 22.3. The van der Waals surface area contributed by atoms with Gasteiger partial charge in [-0.15, -0.1) is 0 Å². The molecule has 0 radical (unpaired) electrons. The molecule has 35 heavy (non-hydrogen) atoms. The van der Waals surface area contributed by atoms with E-state index >= 15 is 0 Å². The molecule has 0 saturated carbocycles. The van der Waals surface area contributed by atoms with Gasteiger partial charge >= 0.3 is 0 Å². The number of rotatable bonds is 7. The Hall–Kier alpha value is -3.29. The van der Waals surface area contributed by atoms with E-state index in [0.717, 1.165) is 56.3 Å². The lowest BCUT2D eigenvalue weighted by Gasteiger charge is -2.10. The predicted octanol–water partition coefficient (Wildman–Crippen LogP) is 5.91. The molecule has 6 nitrogen and oxygen atoms in total. The van der Waals surface area contributed by atoms with Gasteiger partial charge in [-0.05, 0) is 36.4 Å². The highest BCUT2D eigenvalue weighted by Gasteiger charge is 2.21. The van der Waals surface area contributed by atoms with Gasteiger partial charge < -0.3 is 20.2 Å². The van der Waals surface area contributed by atoms with Crippen molar-refractivity contribution >= 4 is 60.9 Å². The quantitative estimate of drug-likeness (QED) is 0.174. The van der Waals surface area contributed by atoms with Gasteiger partial charge in [-0.2, -0.15) is 0 Å². The average Bonchev–Trinajstić information content (AvgIpc) is 3.42. The molecule has 0 saturated heterocycles. The van der Waals surface area contributed by atoms with Gasteiger partial charge in [-0.3, -0.25) is 4.79 Å². The number of hydrogen-bond acceptors (Lipinski definition) is 2. The van der Waals surface area contributed by atoms with Crippen molar-refractivity contribution < 1.29 is 9.36 Å². The predicted molar refractivity (Wildman–Crippen MR) is 146 cm³/mol. The summed E-state index contributed by atoms with van der Waals surface area (Å²) < 4.78 is 3.08. The highest BCUT2D eigenvalue weighted by atomic mass is 79.9. The van der Waals surface area contributed by atoms with Gasteiger partial charge in [-0.1, -0.05) is 33.6 Å². The third kappa shape index (κ3) is 4.92. The number of aromatic nitrogens is 3. The van der Waals surface area contributed by atoms with Crippen LogP contribution in [0.15, 0.2) is 71.5 Å². The number of benzene rings is 2. The average molecular weight is 552 g/mol. The molecule has 8 heteroatoms. The summed E-state index contributed by atoms with van der Waals surface area (Å²) in [6.07, 6.45) is 4.95. The molecule has 1 amide bonds. The molecule has 178 valence electrons. The molecular weight excluding hydrogens is 526 g/mol. The first kappa shape index (κ1) is 23.5. The van der Waals surface area contributed by atoms with Crippen LogP contribution in [0.2, 0.25) is 5.02 Å². The Morgan fingerprint density at radius 3 is 2.60 bits per heavy atom. The van der Waals surface area contributed by atoms with Crippen LogP contribution in [-0.2, 0) is 6.54 Å². The number of amides is 1. The van der Waals surface area contributed by atoms with Crippen molar-refractivity contribution in [3.63, 3.8) is 0 Å². The first-order valence-electron chi connectivity index (χ1n) is 11.4. The minimum atomic E-state index is -0.0989. The third-order valence-electron chi connectivity index (χ3n) is 6.11. The Labute approximate surface area is 217 Å². The topological polar surface area (TPSA) is 67.8 Å². The van der Waals surface area contributed by atoms with Crippen molar-refractivity contribution in [1.82, 2.24) is 15.3 Å². The third-order valence-corrected chi connectivity index (χ3v) is 6.84. The van der Waals surface area contributed by atoms with E-state index in [1.807, 2.05) is 56.6 Å². The van der Waals surface area contributed by atoms with E-state index in [2.05, 4.69) is 65.2 Å². The smallest absolute Gasteiger partial charge is 0.254 e. The molecule has 3 heterocycles. The summed E-state index contributed by atoms with van der Waals surface area (Å²) in [7, 11) is 4.05. The van der Waals surface area contributed by atoms with E-state index in [0.29, 0.717) is 17.1 Å². The maximum atomic E-state index is 13.4. The molecule has 0 fully saturated rings. The molecule has 5 aromatic rings. The lowest BCUT2D eigenvalue weighted by molar-refractivity contribution is -0.697. The molecule has 3 aromatic heterocycles. The van der Waals surface area contributed by atoms with Gasteiger partial charge in [0.2, 0.25) is 0 Å². The number of aromatic amines is 2. The van der Waals surface area contributed by atoms with Crippen LogP contribution in [0.3, 0.4) is 0 Å². The fourth-order valence-electron chi connectivity index (χ4n) is 4.29. The van der Waals surface area contributed by atoms with E-state index in [1.54, 1.807) is 0 Å². The van der Waals surface area contributed by atoms with Crippen molar-refractivity contribution in [2.45, 2.75) is 13.0 Å². The second-order valence-electron chi connectivity index (χ2n) is 8.78. The Morgan fingerprint density at radius 1 is 1.03 bits per heavy atom. The van der Waals surface area contributed by atoms with Crippen LogP contribution in [0.1, 0.15) is 16.8 Å². The highest BCUT2D eigenvalue weighted by Crippen LogP contribution is 2.33. The number of fused-ring (bicyclic) bond motifs is 2. The van der Waals surface area contributed by atoms with E-state index in [1.165, 1.54) is 0 Å². The van der Waals surface area contributed by atoms with Crippen LogP contribution >= 0.6 is 27.5 Å². The molecule has 0 aliphatic heterocycles. The molecule has 0 aliphatic carbocycles. The molecular formula is C27H26BrClN5O+. The normalized spacial score (nSPS) is 11.3. The van der Waals surface area contributed by atoms with Crippen LogP contribution in [-0.4, -0.2) is 36.5 Å². The largest absolute Gasteiger partial charge is 0.377 e. The SMILES string of the molecule is CN(C)c1cc[n+](CCCNC(=O)c2c(-c3cc4cc(Cl)ccc4[nH]3)[nH]c3cc(Br)ccc23)cc1. The van der Waals surface area contributed by atoms with Crippen molar-refractivity contribution in [1.29, 1.82) is 0 Å². The van der Waals surface area contributed by atoms with Crippen molar-refractivity contribution in [3.8, 4) is 11.4 Å². The fourth-order valence-corrected chi connectivity index (χ4v) is 4.84. The van der Waals surface area contributed by atoms with Gasteiger partial charge in [-0.25, -0.2) is 4.57 Å². The zero-order valence-corrected chi connectivity index (χ0v) is 21.9. The number of hydrogen-bond donors (Lipinski definition) is 3. The van der Waals surface area contributed by atoms with Gasteiger partial charge in [0.1, 0.15) is 6.54 Å². The first-order chi connectivity index (χ1) is 16.9. The lowest BCUT2D eigenvalue weighted by atomic mass is 10.1. The summed E-state index contributed by atoms with van der Waals surface area (Å²) in [5, 5.41) is 5.67. The number of nitrogens with zero attached hydrogens (tertiary/aromatic N) is 2. The zero-order valence-electron chi connectivity index (χ0n) is 19.5.